The van der Waals surface area contributed by atoms with Crippen molar-refractivity contribution in [2.24, 2.45) is 0 Å². The van der Waals surface area contributed by atoms with Gasteiger partial charge in [-0.15, -0.1) is 0 Å². The molecule has 0 spiro atoms. The molecule has 0 aliphatic carbocycles. The van der Waals surface area contributed by atoms with Crippen LogP contribution >= 0.6 is 0 Å². The van der Waals surface area contributed by atoms with E-state index in [-0.39, 0.29) is 18.2 Å². The molecule has 0 aliphatic rings. The minimum Gasteiger partial charge on any atom is -0.497 e. The monoisotopic (exact) mass is 296 g/mol. The van der Waals surface area contributed by atoms with Crippen molar-refractivity contribution in [2.45, 2.75) is 13.0 Å². The number of nitrogen functional groups attached to an aromatic ring is 1. The molecule has 116 valence electrons. The Morgan fingerprint density at radius 1 is 1.29 bits per heavy atom. The van der Waals surface area contributed by atoms with Gasteiger partial charge in [0.1, 0.15) is 5.75 Å². The molecule has 3 N–H and O–H groups in total. The first-order chi connectivity index (χ1) is 9.96. The molecule has 0 saturated carbocycles. The van der Waals surface area contributed by atoms with Gasteiger partial charge < -0.3 is 25.3 Å². The van der Waals surface area contributed by atoms with Crippen LogP contribution in [0.2, 0.25) is 0 Å². The number of amides is 1. The molecule has 0 aliphatic heterocycles. The molecule has 0 aromatic heterocycles. The second-order valence-electron chi connectivity index (χ2n) is 4.49. The number of carbonyl (C=O) groups is 2. The van der Waals surface area contributed by atoms with Crippen molar-refractivity contribution in [3.8, 4) is 5.75 Å². The van der Waals surface area contributed by atoms with Gasteiger partial charge in [-0.05, 0) is 19.1 Å². The Kier molecular flexibility index (Phi) is 6.48. The Labute approximate surface area is 123 Å². The summed E-state index contributed by atoms with van der Waals surface area (Å²) in [4.78, 5) is 23.4. The third-order valence-corrected chi connectivity index (χ3v) is 2.56. The molecular formula is C14H20N2O5. The molecule has 1 atom stereocenters. The molecule has 1 aromatic carbocycles. The van der Waals surface area contributed by atoms with E-state index < -0.39 is 11.9 Å². The fraction of sp³-hybridized carbons (Fsp3) is 0.429. The van der Waals surface area contributed by atoms with Gasteiger partial charge in [0.05, 0.1) is 19.3 Å². The van der Waals surface area contributed by atoms with E-state index in [9.17, 15) is 9.59 Å². The zero-order chi connectivity index (χ0) is 15.8. The Morgan fingerprint density at radius 2 is 2.00 bits per heavy atom. The summed E-state index contributed by atoms with van der Waals surface area (Å²) >= 11 is 0. The van der Waals surface area contributed by atoms with Crippen molar-refractivity contribution in [3.05, 3.63) is 23.8 Å². The summed E-state index contributed by atoms with van der Waals surface area (Å²) in [7, 11) is 3.00. The topological polar surface area (TPSA) is 99.9 Å². The Balaban J connectivity index is 2.54. The van der Waals surface area contributed by atoms with Gasteiger partial charge in [0.25, 0.3) is 5.91 Å². The van der Waals surface area contributed by atoms with Crippen molar-refractivity contribution < 1.29 is 23.8 Å². The van der Waals surface area contributed by atoms with Gasteiger partial charge in [-0.3, -0.25) is 4.79 Å². The predicted molar refractivity (Wildman–Crippen MR) is 77.2 cm³/mol. The minimum atomic E-state index is -0.643. The largest absolute Gasteiger partial charge is 0.497 e. The summed E-state index contributed by atoms with van der Waals surface area (Å²) in [6.07, 6.45) is 0. The van der Waals surface area contributed by atoms with Gasteiger partial charge >= 0.3 is 5.97 Å². The standard InChI is InChI=1S/C14H20N2O5/c1-9(7-19-2)16-13(17)8-21-14(18)10-4-11(15)6-12(5-10)20-3/h4-6,9H,7-8,15H2,1-3H3,(H,16,17). The van der Waals surface area contributed by atoms with E-state index in [0.717, 1.165) is 0 Å². The van der Waals surface area contributed by atoms with Crippen molar-refractivity contribution >= 4 is 17.6 Å². The van der Waals surface area contributed by atoms with E-state index in [4.69, 9.17) is 19.9 Å². The molecule has 1 amide bonds. The summed E-state index contributed by atoms with van der Waals surface area (Å²) < 4.78 is 14.8. The van der Waals surface area contributed by atoms with Crippen LogP contribution < -0.4 is 15.8 Å². The Morgan fingerprint density at radius 3 is 2.62 bits per heavy atom. The van der Waals surface area contributed by atoms with E-state index in [1.807, 2.05) is 0 Å². The number of rotatable bonds is 7. The van der Waals surface area contributed by atoms with E-state index in [2.05, 4.69) is 5.32 Å². The zero-order valence-corrected chi connectivity index (χ0v) is 12.3. The van der Waals surface area contributed by atoms with Gasteiger partial charge in [0, 0.05) is 24.9 Å². The second-order valence-corrected chi connectivity index (χ2v) is 4.49. The highest BCUT2D eigenvalue weighted by atomic mass is 16.5. The highest BCUT2D eigenvalue weighted by molar-refractivity contribution is 5.92. The number of nitrogens with two attached hydrogens (primary N) is 1. The number of methoxy groups -OCH3 is 2. The van der Waals surface area contributed by atoms with E-state index in [1.54, 1.807) is 13.0 Å². The average molecular weight is 296 g/mol. The number of ether oxygens (including phenoxy) is 3. The van der Waals surface area contributed by atoms with Crippen molar-refractivity contribution in [2.75, 3.05) is 33.2 Å². The van der Waals surface area contributed by atoms with E-state index in [0.29, 0.717) is 18.0 Å². The quantitative estimate of drug-likeness (QED) is 0.564. The molecule has 21 heavy (non-hydrogen) atoms. The van der Waals surface area contributed by atoms with Crippen LogP contribution in [0.3, 0.4) is 0 Å². The van der Waals surface area contributed by atoms with Crippen LogP contribution in [-0.2, 0) is 14.3 Å². The fourth-order valence-electron chi connectivity index (χ4n) is 1.68. The Hall–Kier alpha value is -2.28. The lowest BCUT2D eigenvalue weighted by molar-refractivity contribution is -0.125. The number of hydrogen-bond acceptors (Lipinski definition) is 6. The van der Waals surface area contributed by atoms with Crippen LogP contribution in [0.25, 0.3) is 0 Å². The first kappa shape index (κ1) is 16.8. The van der Waals surface area contributed by atoms with Gasteiger partial charge in [-0.25, -0.2) is 4.79 Å². The number of carbonyl (C=O) groups excluding carboxylic acids is 2. The number of esters is 1. The summed E-state index contributed by atoms with van der Waals surface area (Å²) in [6.45, 7) is 1.79. The molecular weight excluding hydrogens is 276 g/mol. The third kappa shape index (κ3) is 5.70. The van der Waals surface area contributed by atoms with Gasteiger partial charge in [-0.1, -0.05) is 0 Å². The van der Waals surface area contributed by atoms with Crippen LogP contribution in [-0.4, -0.2) is 45.4 Å². The first-order valence-corrected chi connectivity index (χ1v) is 6.36. The smallest absolute Gasteiger partial charge is 0.338 e. The summed E-state index contributed by atoms with van der Waals surface area (Å²) in [5, 5.41) is 2.63. The molecule has 7 heteroatoms. The van der Waals surface area contributed by atoms with Gasteiger partial charge in [-0.2, -0.15) is 0 Å². The maximum absolute atomic E-state index is 11.8. The summed E-state index contributed by atoms with van der Waals surface area (Å²) in [5.41, 5.74) is 6.25. The molecule has 1 unspecified atom stereocenters. The van der Waals surface area contributed by atoms with Crippen molar-refractivity contribution in [3.63, 3.8) is 0 Å². The molecule has 0 heterocycles. The lowest BCUT2D eigenvalue weighted by atomic mass is 10.2. The highest BCUT2D eigenvalue weighted by Gasteiger charge is 2.13. The summed E-state index contributed by atoms with van der Waals surface area (Å²) in [6, 6.07) is 4.37. The number of benzene rings is 1. The lowest BCUT2D eigenvalue weighted by Crippen LogP contribution is -2.38. The molecule has 7 nitrogen and oxygen atoms in total. The zero-order valence-electron chi connectivity index (χ0n) is 12.3. The highest BCUT2D eigenvalue weighted by Crippen LogP contribution is 2.19. The maximum atomic E-state index is 11.8. The van der Waals surface area contributed by atoms with Crippen LogP contribution in [0.15, 0.2) is 18.2 Å². The van der Waals surface area contributed by atoms with Gasteiger partial charge in [0.15, 0.2) is 6.61 Å². The number of nitrogens with one attached hydrogen (secondary N) is 1. The van der Waals surface area contributed by atoms with Crippen LogP contribution in [0.5, 0.6) is 5.75 Å². The predicted octanol–water partition coefficient (Wildman–Crippen LogP) is 0.585. The molecule has 0 saturated heterocycles. The fourth-order valence-corrected chi connectivity index (χ4v) is 1.68. The van der Waals surface area contributed by atoms with Crippen LogP contribution in [0.4, 0.5) is 5.69 Å². The molecule has 1 rings (SSSR count). The average Bonchev–Trinajstić information content (AvgIpc) is 2.44. The summed E-state index contributed by atoms with van der Waals surface area (Å²) in [5.74, 6) is -0.598. The number of anilines is 1. The normalized spacial score (nSPS) is 11.6. The first-order valence-electron chi connectivity index (χ1n) is 6.36. The molecule has 0 fully saturated rings. The minimum absolute atomic E-state index is 0.159. The van der Waals surface area contributed by atoms with Crippen molar-refractivity contribution in [1.29, 1.82) is 0 Å². The molecule has 0 radical (unpaired) electrons. The third-order valence-electron chi connectivity index (χ3n) is 2.56. The molecule has 1 aromatic rings. The van der Waals surface area contributed by atoms with Crippen LogP contribution in [0, 0.1) is 0 Å². The van der Waals surface area contributed by atoms with E-state index in [1.165, 1.54) is 26.4 Å². The second kappa shape index (κ2) is 8.11. The lowest BCUT2D eigenvalue weighted by Gasteiger charge is -2.13. The van der Waals surface area contributed by atoms with E-state index >= 15 is 0 Å². The van der Waals surface area contributed by atoms with Gasteiger partial charge in [0.2, 0.25) is 0 Å². The SMILES string of the molecule is COCC(C)NC(=O)COC(=O)c1cc(N)cc(OC)c1. The molecule has 0 bridgehead atoms. The number of hydrogen-bond donors (Lipinski definition) is 2. The Bertz CT molecular complexity index is 504. The van der Waals surface area contributed by atoms with Crippen molar-refractivity contribution in [1.82, 2.24) is 5.32 Å². The van der Waals surface area contributed by atoms with Crippen LogP contribution in [0.1, 0.15) is 17.3 Å². The maximum Gasteiger partial charge on any atom is 0.338 e.